The molecule has 0 aromatic rings. The monoisotopic (exact) mass is 313 g/mol. The van der Waals surface area contributed by atoms with Crippen LogP contribution in [0.5, 0.6) is 0 Å². The van der Waals surface area contributed by atoms with Gasteiger partial charge in [-0.05, 0) is 37.0 Å². The molecular weight excluding hydrogens is 278 g/mol. The summed E-state index contributed by atoms with van der Waals surface area (Å²) in [6.07, 6.45) is 6.94. The quantitative estimate of drug-likeness (QED) is 0.792. The van der Waals surface area contributed by atoms with E-state index in [-0.39, 0.29) is 6.10 Å². The highest BCUT2D eigenvalue weighted by atomic mass is 16.5. The third-order valence-corrected chi connectivity index (χ3v) is 5.19. The predicted octanol–water partition coefficient (Wildman–Crippen LogP) is 2.74. The Bertz CT molecular complexity index is 310. The maximum Gasteiger partial charge on any atom is 0.0897 e. The lowest BCUT2D eigenvalue weighted by molar-refractivity contribution is -0.0595. The van der Waals surface area contributed by atoms with Gasteiger partial charge in [-0.2, -0.15) is 0 Å². The molecule has 4 nitrogen and oxygen atoms in total. The van der Waals surface area contributed by atoms with Crippen LogP contribution in [0.1, 0.15) is 59.3 Å². The van der Waals surface area contributed by atoms with Crippen LogP contribution < -0.4 is 5.32 Å². The zero-order valence-electron chi connectivity index (χ0n) is 14.6. The molecule has 0 amide bonds. The van der Waals surface area contributed by atoms with Gasteiger partial charge in [0.2, 0.25) is 0 Å². The average Bonchev–Trinajstić information content (AvgIpc) is 2.51. The average molecular weight is 313 g/mol. The second kappa shape index (κ2) is 8.62. The van der Waals surface area contributed by atoms with Crippen molar-refractivity contribution in [3.63, 3.8) is 0 Å². The van der Waals surface area contributed by atoms with Crippen LogP contribution in [-0.4, -0.2) is 49.7 Å². The molecule has 3 atom stereocenters. The third kappa shape index (κ3) is 5.80. The van der Waals surface area contributed by atoms with Crippen LogP contribution in [0.2, 0.25) is 0 Å². The summed E-state index contributed by atoms with van der Waals surface area (Å²) in [5, 5.41) is 13.8. The molecule has 3 unspecified atom stereocenters. The fourth-order valence-corrected chi connectivity index (χ4v) is 3.85. The first-order valence-electron chi connectivity index (χ1n) is 9.07. The molecule has 1 heterocycles. The molecule has 0 radical (unpaired) electrons. The highest BCUT2D eigenvalue weighted by molar-refractivity contribution is 4.88. The molecule has 1 saturated heterocycles. The SMILES string of the molecule is CC(C)(C)C1CCCCC1NCC(O)COC1CCOCC1. The number of rotatable bonds is 6. The largest absolute Gasteiger partial charge is 0.389 e. The lowest BCUT2D eigenvalue weighted by Crippen LogP contribution is -2.47. The number of ether oxygens (including phenoxy) is 2. The minimum atomic E-state index is -0.412. The van der Waals surface area contributed by atoms with Gasteiger partial charge in [0.05, 0.1) is 18.8 Å². The highest BCUT2D eigenvalue weighted by Gasteiger charge is 2.34. The van der Waals surface area contributed by atoms with E-state index >= 15 is 0 Å². The van der Waals surface area contributed by atoms with Crippen LogP contribution in [0.4, 0.5) is 0 Å². The molecule has 2 rings (SSSR count). The Kier molecular flexibility index (Phi) is 7.13. The van der Waals surface area contributed by atoms with Gasteiger partial charge in [-0.1, -0.05) is 33.6 Å². The minimum Gasteiger partial charge on any atom is -0.389 e. The summed E-state index contributed by atoms with van der Waals surface area (Å²) in [4.78, 5) is 0. The van der Waals surface area contributed by atoms with E-state index in [0.717, 1.165) is 26.1 Å². The van der Waals surface area contributed by atoms with Crippen molar-refractivity contribution in [3.05, 3.63) is 0 Å². The zero-order valence-corrected chi connectivity index (χ0v) is 14.6. The molecule has 2 N–H and O–H groups in total. The molecule has 0 spiro atoms. The Hall–Kier alpha value is -0.160. The maximum absolute atomic E-state index is 10.2. The first-order chi connectivity index (χ1) is 10.5. The van der Waals surface area contributed by atoms with Crippen molar-refractivity contribution >= 4 is 0 Å². The van der Waals surface area contributed by atoms with E-state index in [9.17, 15) is 5.11 Å². The predicted molar refractivity (Wildman–Crippen MR) is 89.0 cm³/mol. The first-order valence-corrected chi connectivity index (χ1v) is 9.07. The molecule has 0 bridgehead atoms. The van der Waals surface area contributed by atoms with Crippen molar-refractivity contribution in [3.8, 4) is 0 Å². The van der Waals surface area contributed by atoms with Crippen molar-refractivity contribution in [2.45, 2.75) is 77.5 Å². The van der Waals surface area contributed by atoms with Crippen molar-refractivity contribution in [1.29, 1.82) is 0 Å². The molecule has 1 aliphatic heterocycles. The molecule has 2 aliphatic rings. The number of aliphatic hydroxyl groups is 1. The van der Waals surface area contributed by atoms with Crippen LogP contribution in [0.3, 0.4) is 0 Å². The van der Waals surface area contributed by atoms with Gasteiger partial charge in [0.1, 0.15) is 0 Å². The topological polar surface area (TPSA) is 50.7 Å². The number of aliphatic hydroxyl groups excluding tert-OH is 1. The van der Waals surface area contributed by atoms with Gasteiger partial charge < -0.3 is 19.9 Å². The van der Waals surface area contributed by atoms with Crippen molar-refractivity contribution in [1.82, 2.24) is 5.32 Å². The molecule has 0 aromatic carbocycles. The molecule has 0 aromatic heterocycles. The van der Waals surface area contributed by atoms with Gasteiger partial charge >= 0.3 is 0 Å². The van der Waals surface area contributed by atoms with E-state index in [4.69, 9.17) is 9.47 Å². The molecule has 1 aliphatic carbocycles. The summed E-state index contributed by atoms with van der Waals surface area (Å²) in [7, 11) is 0. The molecule has 1 saturated carbocycles. The fraction of sp³-hybridized carbons (Fsp3) is 1.00. The lowest BCUT2D eigenvalue weighted by atomic mass is 9.69. The second-order valence-corrected chi connectivity index (χ2v) is 8.07. The van der Waals surface area contributed by atoms with E-state index in [1.54, 1.807) is 0 Å². The van der Waals surface area contributed by atoms with Gasteiger partial charge in [-0.15, -0.1) is 0 Å². The zero-order chi connectivity index (χ0) is 16.0. The van der Waals surface area contributed by atoms with E-state index in [2.05, 4.69) is 26.1 Å². The van der Waals surface area contributed by atoms with Crippen LogP contribution in [0.15, 0.2) is 0 Å². The van der Waals surface area contributed by atoms with Crippen LogP contribution in [-0.2, 0) is 9.47 Å². The van der Waals surface area contributed by atoms with Crippen molar-refractivity contribution in [2.24, 2.45) is 11.3 Å². The minimum absolute atomic E-state index is 0.264. The van der Waals surface area contributed by atoms with Gasteiger partial charge in [-0.3, -0.25) is 0 Å². The molecular formula is C18H35NO3. The van der Waals surface area contributed by atoms with E-state index in [0.29, 0.717) is 30.5 Å². The Balaban J connectivity index is 1.68. The Morgan fingerprint density at radius 1 is 1.14 bits per heavy atom. The lowest BCUT2D eigenvalue weighted by Gasteiger charge is -2.41. The van der Waals surface area contributed by atoms with Crippen molar-refractivity contribution < 1.29 is 14.6 Å². The van der Waals surface area contributed by atoms with Crippen molar-refractivity contribution in [2.75, 3.05) is 26.4 Å². The normalized spacial score (nSPS) is 29.5. The number of nitrogens with one attached hydrogen (secondary N) is 1. The van der Waals surface area contributed by atoms with Crippen LogP contribution in [0, 0.1) is 11.3 Å². The molecule has 4 heteroatoms. The standard InChI is InChI=1S/C18H35NO3/c1-18(2,3)16-6-4-5-7-17(16)19-12-14(20)13-22-15-8-10-21-11-9-15/h14-17,19-20H,4-13H2,1-3H3. The summed E-state index contributed by atoms with van der Waals surface area (Å²) in [6, 6.07) is 0.534. The first kappa shape index (κ1) is 18.2. The third-order valence-electron chi connectivity index (χ3n) is 5.19. The van der Waals surface area contributed by atoms with Gasteiger partial charge in [0.25, 0.3) is 0 Å². The summed E-state index contributed by atoms with van der Waals surface area (Å²) >= 11 is 0. The maximum atomic E-state index is 10.2. The van der Waals surface area contributed by atoms with Gasteiger partial charge in [-0.25, -0.2) is 0 Å². The summed E-state index contributed by atoms with van der Waals surface area (Å²) < 4.78 is 11.1. The Labute approximate surface area is 136 Å². The second-order valence-electron chi connectivity index (χ2n) is 8.07. The fourth-order valence-electron chi connectivity index (χ4n) is 3.85. The summed E-state index contributed by atoms with van der Waals surface area (Å²) in [5.74, 6) is 0.699. The van der Waals surface area contributed by atoms with E-state index in [1.165, 1.54) is 25.7 Å². The van der Waals surface area contributed by atoms with E-state index < -0.39 is 6.10 Å². The summed E-state index contributed by atoms with van der Waals surface area (Å²) in [5.41, 5.74) is 0.335. The molecule has 22 heavy (non-hydrogen) atoms. The smallest absolute Gasteiger partial charge is 0.0897 e. The number of hydrogen-bond donors (Lipinski definition) is 2. The summed E-state index contributed by atoms with van der Waals surface area (Å²) in [6.45, 7) is 9.65. The number of hydrogen-bond acceptors (Lipinski definition) is 4. The Morgan fingerprint density at radius 3 is 2.50 bits per heavy atom. The molecule has 130 valence electrons. The molecule has 2 fully saturated rings. The Morgan fingerprint density at radius 2 is 1.82 bits per heavy atom. The highest BCUT2D eigenvalue weighted by Crippen LogP contribution is 2.37. The van der Waals surface area contributed by atoms with Crippen LogP contribution in [0.25, 0.3) is 0 Å². The van der Waals surface area contributed by atoms with Gasteiger partial charge in [0, 0.05) is 25.8 Å². The van der Waals surface area contributed by atoms with Gasteiger partial charge in [0.15, 0.2) is 0 Å². The van der Waals surface area contributed by atoms with Crippen LogP contribution >= 0.6 is 0 Å². The van der Waals surface area contributed by atoms with E-state index in [1.807, 2.05) is 0 Å².